The lowest BCUT2D eigenvalue weighted by Gasteiger charge is -2.14. The minimum Gasteiger partial charge on any atom is -0.294 e. The molecule has 2 aromatic rings. The first-order chi connectivity index (χ1) is 11.8. The van der Waals surface area contributed by atoms with Crippen molar-refractivity contribution in [2.75, 3.05) is 19.6 Å². The Morgan fingerprint density at radius 2 is 1.46 bits per heavy atom. The van der Waals surface area contributed by atoms with Gasteiger partial charge in [-0.05, 0) is 59.9 Å². The first kappa shape index (κ1) is 15.5. The molecule has 0 aromatic heterocycles. The molecule has 0 N–H and O–H groups in total. The van der Waals surface area contributed by atoms with E-state index in [1.54, 1.807) is 0 Å². The number of amides is 1. The van der Waals surface area contributed by atoms with E-state index in [9.17, 15) is 4.79 Å². The molecule has 0 spiro atoms. The van der Waals surface area contributed by atoms with Crippen molar-refractivity contribution in [1.82, 2.24) is 4.90 Å². The Hall–Kier alpha value is -2.04. The molecule has 0 bridgehead atoms. The summed E-state index contributed by atoms with van der Waals surface area (Å²) in [6, 6.07) is 16.5. The van der Waals surface area contributed by atoms with Crippen molar-refractivity contribution >= 4 is 28.8 Å². The van der Waals surface area contributed by atoms with Crippen molar-refractivity contribution in [3.8, 4) is 0 Å². The molecule has 0 saturated carbocycles. The van der Waals surface area contributed by atoms with E-state index in [1.165, 1.54) is 12.8 Å². The van der Waals surface area contributed by atoms with E-state index in [2.05, 4.69) is 45.7 Å². The smallest absolute Gasteiger partial charge is 0.266 e. The molecule has 1 saturated heterocycles. The number of fused-ring (bicyclic) bond motifs is 2. The van der Waals surface area contributed by atoms with Crippen molar-refractivity contribution in [3.05, 3.63) is 59.7 Å². The fourth-order valence-corrected chi connectivity index (χ4v) is 5.08. The van der Waals surface area contributed by atoms with E-state index in [4.69, 9.17) is 0 Å². The quantitative estimate of drug-likeness (QED) is 0.708. The molecule has 2 heterocycles. The van der Waals surface area contributed by atoms with Gasteiger partial charge in [-0.15, -0.1) is 0 Å². The molecule has 2 aliphatic rings. The molecule has 1 amide bonds. The Morgan fingerprint density at radius 3 is 2.04 bits per heavy atom. The summed E-state index contributed by atoms with van der Waals surface area (Å²) in [6.07, 6.45) is 6.63. The molecular formula is C20H20N2OS. The van der Waals surface area contributed by atoms with Crippen molar-refractivity contribution < 1.29 is 4.79 Å². The number of carbonyl (C=O) groups is 1. The Labute approximate surface area is 145 Å². The van der Waals surface area contributed by atoms with Gasteiger partial charge >= 0.3 is 0 Å². The summed E-state index contributed by atoms with van der Waals surface area (Å²) in [6.45, 7) is 2.48. The lowest BCUT2D eigenvalue weighted by molar-refractivity contribution is -0.118. The van der Waals surface area contributed by atoms with Gasteiger partial charge < -0.3 is 0 Å². The van der Waals surface area contributed by atoms with Gasteiger partial charge in [0.1, 0.15) is 0 Å². The molecule has 1 fully saturated rings. The van der Waals surface area contributed by atoms with E-state index < -0.39 is 10.7 Å². The molecule has 2 aromatic carbocycles. The summed E-state index contributed by atoms with van der Waals surface area (Å²) in [4.78, 5) is 17.1. The first-order valence-corrected chi connectivity index (χ1v) is 9.57. The SMILES string of the molecule is O=C(CN1CCCC1)N=S1c2ccccc2C=Cc2ccccc21. The Morgan fingerprint density at radius 1 is 0.917 bits per heavy atom. The highest BCUT2D eigenvalue weighted by Gasteiger charge is 2.18. The van der Waals surface area contributed by atoms with Gasteiger partial charge in [-0.2, -0.15) is 4.36 Å². The van der Waals surface area contributed by atoms with E-state index in [0.717, 1.165) is 34.0 Å². The van der Waals surface area contributed by atoms with Crippen LogP contribution in [0.3, 0.4) is 0 Å². The number of carbonyl (C=O) groups excluding carboxylic acids is 1. The minimum absolute atomic E-state index is 0.00765. The van der Waals surface area contributed by atoms with Crippen molar-refractivity contribution in [3.63, 3.8) is 0 Å². The zero-order chi connectivity index (χ0) is 16.4. The third-order valence-electron chi connectivity index (χ3n) is 4.45. The largest absolute Gasteiger partial charge is 0.294 e. The second-order valence-corrected chi connectivity index (χ2v) is 7.79. The predicted molar refractivity (Wildman–Crippen MR) is 98.8 cm³/mol. The second-order valence-electron chi connectivity index (χ2n) is 6.16. The number of hydrogen-bond donors (Lipinski definition) is 0. The zero-order valence-electron chi connectivity index (χ0n) is 13.5. The highest BCUT2D eigenvalue weighted by molar-refractivity contribution is 7.88. The molecule has 2 aliphatic heterocycles. The Bertz CT molecular complexity index is 784. The van der Waals surface area contributed by atoms with Crippen LogP contribution < -0.4 is 0 Å². The van der Waals surface area contributed by atoms with Crippen LogP contribution in [0.2, 0.25) is 0 Å². The monoisotopic (exact) mass is 336 g/mol. The maximum Gasteiger partial charge on any atom is 0.266 e. The zero-order valence-corrected chi connectivity index (χ0v) is 14.3. The maximum atomic E-state index is 12.6. The number of likely N-dealkylation sites (tertiary alicyclic amines) is 1. The molecule has 4 rings (SSSR count). The van der Waals surface area contributed by atoms with E-state index in [-0.39, 0.29) is 5.91 Å². The van der Waals surface area contributed by atoms with Crippen LogP contribution in [-0.2, 0) is 15.5 Å². The molecule has 3 nitrogen and oxygen atoms in total. The minimum atomic E-state index is -0.556. The van der Waals surface area contributed by atoms with Gasteiger partial charge in [0, 0.05) is 9.79 Å². The summed E-state index contributed by atoms with van der Waals surface area (Å²) < 4.78 is 4.65. The average Bonchev–Trinajstić information content (AvgIpc) is 3.06. The van der Waals surface area contributed by atoms with Crippen LogP contribution in [0, 0.1) is 0 Å². The van der Waals surface area contributed by atoms with Gasteiger partial charge in [0.25, 0.3) is 5.91 Å². The van der Waals surface area contributed by atoms with Crippen LogP contribution in [0.15, 0.2) is 62.7 Å². The standard InChI is InChI=1S/C20H20N2OS/c23-20(15-22-13-5-6-14-22)21-24-18-9-3-1-7-16(18)11-12-17-8-2-4-10-19(17)24/h1-4,7-12H,5-6,13-15H2. The molecule has 24 heavy (non-hydrogen) atoms. The van der Waals surface area contributed by atoms with Crippen LogP contribution in [-0.4, -0.2) is 30.4 Å². The third-order valence-corrected chi connectivity index (χ3v) is 6.41. The van der Waals surface area contributed by atoms with Gasteiger partial charge in [0.2, 0.25) is 0 Å². The maximum absolute atomic E-state index is 12.6. The van der Waals surface area contributed by atoms with Crippen LogP contribution in [0.1, 0.15) is 24.0 Å². The van der Waals surface area contributed by atoms with Crippen molar-refractivity contribution in [1.29, 1.82) is 0 Å². The van der Waals surface area contributed by atoms with Gasteiger partial charge in [-0.25, -0.2) is 0 Å². The Kier molecular flexibility index (Phi) is 4.41. The normalized spacial score (nSPS) is 17.2. The molecule has 0 aliphatic carbocycles. The number of rotatable bonds is 2. The van der Waals surface area contributed by atoms with E-state index in [1.807, 2.05) is 24.3 Å². The van der Waals surface area contributed by atoms with Gasteiger partial charge in [0.05, 0.1) is 6.54 Å². The highest BCUT2D eigenvalue weighted by Crippen LogP contribution is 2.30. The number of benzene rings is 2. The topological polar surface area (TPSA) is 32.7 Å². The average molecular weight is 336 g/mol. The van der Waals surface area contributed by atoms with Crippen LogP contribution in [0.4, 0.5) is 0 Å². The summed E-state index contributed by atoms with van der Waals surface area (Å²) in [5.74, 6) is -0.00765. The second kappa shape index (κ2) is 6.83. The van der Waals surface area contributed by atoms with Gasteiger partial charge in [-0.1, -0.05) is 48.6 Å². The molecule has 122 valence electrons. The van der Waals surface area contributed by atoms with Crippen LogP contribution in [0.5, 0.6) is 0 Å². The first-order valence-electron chi connectivity index (χ1n) is 8.39. The van der Waals surface area contributed by atoms with Crippen LogP contribution in [0.25, 0.3) is 12.2 Å². The van der Waals surface area contributed by atoms with E-state index >= 15 is 0 Å². The highest BCUT2D eigenvalue weighted by atomic mass is 32.2. The summed E-state index contributed by atoms with van der Waals surface area (Å²) in [7, 11) is -0.556. The van der Waals surface area contributed by atoms with Gasteiger partial charge in [-0.3, -0.25) is 9.69 Å². The fraction of sp³-hybridized carbons (Fsp3) is 0.250. The van der Waals surface area contributed by atoms with Gasteiger partial charge in [0.15, 0.2) is 0 Å². The third kappa shape index (κ3) is 3.12. The van der Waals surface area contributed by atoms with Crippen molar-refractivity contribution in [2.45, 2.75) is 22.6 Å². The summed E-state index contributed by atoms with van der Waals surface area (Å²) >= 11 is 0. The molecular weight excluding hydrogens is 316 g/mol. The van der Waals surface area contributed by atoms with E-state index in [0.29, 0.717) is 6.54 Å². The summed E-state index contributed by atoms with van der Waals surface area (Å²) in [5, 5.41) is 0. The summed E-state index contributed by atoms with van der Waals surface area (Å²) in [5.41, 5.74) is 2.30. The lowest BCUT2D eigenvalue weighted by Crippen LogP contribution is -2.26. The fourth-order valence-electron chi connectivity index (χ4n) is 3.25. The van der Waals surface area contributed by atoms with Crippen LogP contribution >= 0.6 is 0 Å². The molecule has 0 unspecified atom stereocenters. The van der Waals surface area contributed by atoms with Crippen molar-refractivity contribution in [2.24, 2.45) is 4.36 Å². The molecule has 4 heteroatoms. The lowest BCUT2D eigenvalue weighted by atomic mass is 10.1. The number of hydrogen-bond acceptors (Lipinski definition) is 2. The molecule has 0 atom stereocenters. The predicted octanol–water partition coefficient (Wildman–Crippen LogP) is 4.01. The molecule has 0 radical (unpaired) electrons. The Balaban J connectivity index is 1.76. The number of nitrogens with zero attached hydrogens (tertiary/aromatic N) is 2.